The lowest BCUT2D eigenvalue weighted by molar-refractivity contribution is 0.0954. The van der Waals surface area contributed by atoms with E-state index >= 15 is 0 Å². The topological polar surface area (TPSA) is 89.6 Å². The maximum absolute atomic E-state index is 12.4. The molecule has 0 aliphatic heterocycles. The van der Waals surface area contributed by atoms with Gasteiger partial charge in [-0.15, -0.1) is 0 Å². The van der Waals surface area contributed by atoms with Crippen LogP contribution in [0.25, 0.3) is 10.9 Å². The molecule has 0 bridgehead atoms. The highest BCUT2D eigenvalue weighted by Gasteiger charge is 2.09. The SMILES string of the molecule is CN(C)CCOc1ccc2[nH]c(C(=O)NCC#Cc3ccc(C(=S)NO)cc3)cc2c1. The molecule has 0 atom stereocenters. The first-order chi connectivity index (χ1) is 15.0. The molecule has 0 saturated carbocycles. The summed E-state index contributed by atoms with van der Waals surface area (Å²) < 4.78 is 5.75. The highest BCUT2D eigenvalue weighted by atomic mass is 32.1. The van der Waals surface area contributed by atoms with E-state index in [-0.39, 0.29) is 17.4 Å². The van der Waals surface area contributed by atoms with Crippen molar-refractivity contribution in [3.8, 4) is 17.6 Å². The van der Waals surface area contributed by atoms with Crippen molar-refractivity contribution in [2.45, 2.75) is 0 Å². The van der Waals surface area contributed by atoms with Gasteiger partial charge in [-0.05, 0) is 50.5 Å². The summed E-state index contributed by atoms with van der Waals surface area (Å²) in [6.07, 6.45) is 0. The third kappa shape index (κ3) is 6.30. The number of hydroxylamine groups is 1. The number of benzene rings is 2. The van der Waals surface area contributed by atoms with Crippen LogP contribution in [0, 0.1) is 11.8 Å². The minimum Gasteiger partial charge on any atom is -0.492 e. The van der Waals surface area contributed by atoms with Gasteiger partial charge in [0, 0.05) is 28.6 Å². The van der Waals surface area contributed by atoms with E-state index in [9.17, 15) is 4.79 Å². The van der Waals surface area contributed by atoms with Gasteiger partial charge in [-0.3, -0.25) is 15.5 Å². The van der Waals surface area contributed by atoms with Gasteiger partial charge in [-0.1, -0.05) is 36.2 Å². The number of nitrogens with one attached hydrogen (secondary N) is 3. The first kappa shape index (κ1) is 22.3. The highest BCUT2D eigenvalue weighted by Crippen LogP contribution is 2.21. The minimum atomic E-state index is -0.227. The number of fused-ring (bicyclic) bond motifs is 1. The van der Waals surface area contributed by atoms with Crippen molar-refractivity contribution >= 4 is 34.0 Å². The Hall–Kier alpha value is -3.38. The van der Waals surface area contributed by atoms with Crippen LogP contribution >= 0.6 is 12.2 Å². The van der Waals surface area contributed by atoms with Crippen molar-refractivity contribution in [2.75, 3.05) is 33.8 Å². The van der Waals surface area contributed by atoms with E-state index in [2.05, 4.69) is 27.0 Å². The second-order valence-electron chi connectivity index (χ2n) is 7.09. The smallest absolute Gasteiger partial charge is 0.268 e. The Bertz CT molecular complexity index is 1130. The van der Waals surface area contributed by atoms with Gasteiger partial charge in [0.05, 0.1) is 6.54 Å². The maximum Gasteiger partial charge on any atom is 0.268 e. The lowest BCUT2D eigenvalue weighted by Crippen LogP contribution is -2.23. The van der Waals surface area contributed by atoms with Crippen LogP contribution in [0.15, 0.2) is 48.5 Å². The molecule has 1 aromatic heterocycles. The molecule has 0 spiro atoms. The van der Waals surface area contributed by atoms with Gasteiger partial charge in [0.2, 0.25) is 0 Å². The van der Waals surface area contributed by atoms with Crippen LogP contribution in [0.3, 0.4) is 0 Å². The number of H-pyrrole nitrogens is 1. The molecule has 8 heteroatoms. The molecule has 0 fully saturated rings. The first-order valence-corrected chi connectivity index (χ1v) is 10.1. The second-order valence-corrected chi connectivity index (χ2v) is 7.49. The molecular formula is C23H24N4O3S. The maximum atomic E-state index is 12.4. The Morgan fingerprint density at radius 1 is 1.19 bits per heavy atom. The Morgan fingerprint density at radius 3 is 2.68 bits per heavy atom. The van der Waals surface area contributed by atoms with Crippen molar-refractivity contribution in [3.63, 3.8) is 0 Å². The number of amides is 1. The molecule has 160 valence electrons. The van der Waals surface area contributed by atoms with Crippen LogP contribution in [0.5, 0.6) is 5.75 Å². The summed E-state index contributed by atoms with van der Waals surface area (Å²) in [5, 5.41) is 12.5. The number of carbonyl (C=O) groups excluding carboxylic acids is 1. The van der Waals surface area contributed by atoms with E-state index in [1.54, 1.807) is 30.3 Å². The van der Waals surface area contributed by atoms with Crippen LogP contribution < -0.4 is 15.5 Å². The molecule has 31 heavy (non-hydrogen) atoms. The Labute approximate surface area is 186 Å². The number of nitrogens with zero attached hydrogens (tertiary/aromatic N) is 1. The van der Waals surface area contributed by atoms with E-state index in [1.807, 2.05) is 37.8 Å². The molecule has 1 amide bonds. The average Bonchev–Trinajstić information content (AvgIpc) is 3.20. The number of thiocarbonyl (C=S) groups is 1. The van der Waals surface area contributed by atoms with E-state index in [0.717, 1.165) is 28.8 Å². The van der Waals surface area contributed by atoms with E-state index < -0.39 is 0 Å². The number of ether oxygens (including phenoxy) is 1. The molecule has 0 aliphatic rings. The second kappa shape index (κ2) is 10.6. The number of hydrogen-bond donors (Lipinski definition) is 4. The van der Waals surface area contributed by atoms with Crippen LogP contribution in [-0.4, -0.2) is 59.8 Å². The summed E-state index contributed by atoms with van der Waals surface area (Å²) in [5.74, 6) is 6.44. The molecule has 7 nitrogen and oxygen atoms in total. The predicted molar refractivity (Wildman–Crippen MR) is 125 cm³/mol. The monoisotopic (exact) mass is 436 g/mol. The number of aromatic nitrogens is 1. The molecule has 4 N–H and O–H groups in total. The zero-order valence-corrected chi connectivity index (χ0v) is 18.2. The Kier molecular flexibility index (Phi) is 7.62. The normalized spacial score (nSPS) is 10.5. The van der Waals surface area contributed by atoms with Gasteiger partial charge in [-0.25, -0.2) is 0 Å². The zero-order valence-electron chi connectivity index (χ0n) is 17.4. The third-order valence-electron chi connectivity index (χ3n) is 4.46. The highest BCUT2D eigenvalue weighted by molar-refractivity contribution is 7.80. The van der Waals surface area contributed by atoms with Gasteiger partial charge < -0.3 is 19.9 Å². The Morgan fingerprint density at radius 2 is 1.97 bits per heavy atom. The van der Waals surface area contributed by atoms with Gasteiger partial charge in [0.15, 0.2) is 0 Å². The summed E-state index contributed by atoms with van der Waals surface area (Å²) in [6, 6.07) is 14.6. The molecule has 0 saturated heterocycles. The van der Waals surface area contributed by atoms with Crippen molar-refractivity contribution in [3.05, 3.63) is 65.4 Å². The molecule has 0 aliphatic carbocycles. The molecule has 3 aromatic rings. The summed E-state index contributed by atoms with van der Waals surface area (Å²) in [4.78, 5) is 17.8. The molecule has 3 rings (SSSR count). The first-order valence-electron chi connectivity index (χ1n) is 9.68. The summed E-state index contributed by atoms with van der Waals surface area (Å²) in [7, 11) is 3.99. The minimum absolute atomic E-state index is 0.214. The standard InChI is InChI=1S/C23H24N4O3S/c1-27(2)12-13-30-19-9-10-20-18(14-19)15-21(25-20)22(28)24-11-3-4-16-5-7-17(8-6-16)23(31)26-29/h5-10,14-15,25,29H,11-13H2,1-2H3,(H,24,28)(H,26,31). The predicted octanol–water partition coefficient (Wildman–Crippen LogP) is 2.54. The van der Waals surface area contributed by atoms with Crippen LogP contribution in [0.4, 0.5) is 0 Å². The van der Waals surface area contributed by atoms with E-state index in [1.165, 1.54) is 0 Å². The largest absolute Gasteiger partial charge is 0.492 e. The van der Waals surface area contributed by atoms with E-state index in [4.69, 9.17) is 22.2 Å². The van der Waals surface area contributed by atoms with Crippen LogP contribution in [-0.2, 0) is 0 Å². The van der Waals surface area contributed by atoms with Crippen molar-refractivity contribution < 1.29 is 14.7 Å². The van der Waals surface area contributed by atoms with Gasteiger partial charge in [0.1, 0.15) is 23.0 Å². The fourth-order valence-corrected chi connectivity index (χ4v) is 2.94. The molecular weight excluding hydrogens is 412 g/mol. The van der Waals surface area contributed by atoms with E-state index in [0.29, 0.717) is 17.9 Å². The van der Waals surface area contributed by atoms with Crippen molar-refractivity contribution in [1.29, 1.82) is 0 Å². The number of aromatic amines is 1. The summed E-state index contributed by atoms with van der Waals surface area (Å²) >= 11 is 4.95. The lowest BCUT2D eigenvalue weighted by Gasteiger charge is -2.10. The average molecular weight is 437 g/mol. The molecule has 1 heterocycles. The fraction of sp³-hybridized carbons (Fsp3) is 0.217. The molecule has 2 aromatic carbocycles. The van der Waals surface area contributed by atoms with Crippen LogP contribution in [0.1, 0.15) is 21.6 Å². The number of carbonyl (C=O) groups is 1. The number of likely N-dealkylation sites (N-methyl/N-ethyl adjacent to an activating group) is 1. The van der Waals surface area contributed by atoms with Gasteiger partial charge in [-0.2, -0.15) is 0 Å². The lowest BCUT2D eigenvalue weighted by atomic mass is 10.1. The Balaban J connectivity index is 1.56. The summed E-state index contributed by atoms with van der Waals surface area (Å²) in [6.45, 7) is 1.64. The molecule has 0 unspecified atom stereocenters. The van der Waals surface area contributed by atoms with Crippen LogP contribution in [0.2, 0.25) is 0 Å². The fourth-order valence-electron chi connectivity index (χ4n) is 2.80. The van der Waals surface area contributed by atoms with Gasteiger partial charge >= 0.3 is 0 Å². The van der Waals surface area contributed by atoms with Crippen molar-refractivity contribution in [2.24, 2.45) is 0 Å². The molecule has 0 radical (unpaired) electrons. The number of hydrogen-bond acceptors (Lipinski definition) is 5. The third-order valence-corrected chi connectivity index (χ3v) is 4.79. The quantitative estimate of drug-likeness (QED) is 0.259. The zero-order chi connectivity index (χ0) is 22.2. The number of rotatable bonds is 7. The summed E-state index contributed by atoms with van der Waals surface area (Å²) in [5.41, 5.74) is 4.76. The van der Waals surface area contributed by atoms with Crippen molar-refractivity contribution in [1.82, 2.24) is 20.7 Å². The van der Waals surface area contributed by atoms with Gasteiger partial charge in [0.25, 0.3) is 5.91 Å².